The molecule has 0 saturated carbocycles. The zero-order valence-corrected chi connectivity index (χ0v) is 12.3. The molecular weight excluding hydrogens is 290 g/mol. The van der Waals surface area contributed by atoms with Crippen molar-refractivity contribution in [2.24, 2.45) is 0 Å². The van der Waals surface area contributed by atoms with Crippen LogP contribution in [0, 0.1) is 0 Å². The van der Waals surface area contributed by atoms with Crippen LogP contribution >= 0.6 is 11.6 Å². The van der Waals surface area contributed by atoms with E-state index in [0.717, 1.165) is 37.8 Å². The average molecular weight is 308 g/mol. The highest BCUT2D eigenvalue weighted by Crippen LogP contribution is 2.14. The third-order valence-corrected chi connectivity index (χ3v) is 3.05. The Labute approximate surface area is 128 Å². The van der Waals surface area contributed by atoms with E-state index >= 15 is 0 Å². The van der Waals surface area contributed by atoms with Crippen molar-refractivity contribution in [3.8, 4) is 0 Å². The molecule has 1 aliphatic heterocycles. The van der Waals surface area contributed by atoms with Crippen molar-refractivity contribution in [3.05, 3.63) is 41.7 Å². The zero-order chi connectivity index (χ0) is 15.1. The molecule has 3 heterocycles. The summed E-state index contributed by atoms with van der Waals surface area (Å²) in [4.78, 5) is 10.2. The summed E-state index contributed by atoms with van der Waals surface area (Å²) in [5.74, 6) is 1.40. The molecule has 0 spiro atoms. The van der Waals surface area contributed by atoms with Gasteiger partial charge < -0.3 is 21.1 Å². The first kappa shape index (κ1) is 15.3. The van der Waals surface area contributed by atoms with Crippen LogP contribution in [0.5, 0.6) is 0 Å². The van der Waals surface area contributed by atoms with Crippen LogP contribution in [0.25, 0.3) is 0 Å². The number of pyridine rings is 2. The maximum Gasteiger partial charge on any atom is 0.131 e. The highest BCUT2D eigenvalue weighted by atomic mass is 35.5. The molecule has 0 unspecified atom stereocenters. The zero-order valence-electron chi connectivity index (χ0n) is 11.6. The van der Waals surface area contributed by atoms with Crippen LogP contribution in [0.1, 0.15) is 0 Å². The standard InChI is InChI=1S/C9H13N3O.C5H5ClN2/c10-8-1-2-11-9(7-8)12-3-5-13-6-4-12;6-4-2-1-3-5(7)8-4/h1-2,7H,3-6H2,(H2,10,11);1-3H,(H2,7,8). The maximum atomic E-state index is 5.67. The molecule has 112 valence electrons. The van der Waals surface area contributed by atoms with Gasteiger partial charge in [0, 0.05) is 31.0 Å². The SMILES string of the molecule is Nc1cccc(Cl)n1.Nc1ccnc(N2CCOCC2)c1. The largest absolute Gasteiger partial charge is 0.399 e. The van der Waals surface area contributed by atoms with E-state index in [2.05, 4.69) is 14.9 Å². The fraction of sp³-hybridized carbons (Fsp3) is 0.286. The first-order valence-corrected chi connectivity index (χ1v) is 6.95. The van der Waals surface area contributed by atoms with Crippen LogP contribution < -0.4 is 16.4 Å². The van der Waals surface area contributed by atoms with Crippen LogP contribution in [0.15, 0.2) is 36.5 Å². The lowest BCUT2D eigenvalue weighted by Crippen LogP contribution is -2.36. The van der Waals surface area contributed by atoms with E-state index in [1.807, 2.05) is 6.07 Å². The molecule has 0 atom stereocenters. The Balaban J connectivity index is 0.000000173. The van der Waals surface area contributed by atoms with Crippen LogP contribution in [0.2, 0.25) is 5.15 Å². The molecule has 6 nitrogen and oxygen atoms in total. The molecule has 1 aliphatic rings. The van der Waals surface area contributed by atoms with Gasteiger partial charge in [-0.2, -0.15) is 0 Å². The second kappa shape index (κ2) is 7.66. The van der Waals surface area contributed by atoms with E-state index in [4.69, 9.17) is 27.8 Å². The molecule has 3 rings (SSSR count). The smallest absolute Gasteiger partial charge is 0.131 e. The van der Waals surface area contributed by atoms with E-state index in [0.29, 0.717) is 11.0 Å². The van der Waals surface area contributed by atoms with Crippen LogP contribution in [-0.4, -0.2) is 36.3 Å². The molecular formula is C14H18ClN5O. The minimum absolute atomic E-state index is 0.435. The normalized spacial score (nSPS) is 14.2. The van der Waals surface area contributed by atoms with Crippen molar-refractivity contribution in [1.29, 1.82) is 0 Å². The number of hydrogen-bond donors (Lipinski definition) is 2. The van der Waals surface area contributed by atoms with Crippen LogP contribution in [0.4, 0.5) is 17.3 Å². The number of aromatic nitrogens is 2. The monoisotopic (exact) mass is 307 g/mol. The van der Waals surface area contributed by atoms with E-state index in [1.54, 1.807) is 30.5 Å². The van der Waals surface area contributed by atoms with Crippen molar-refractivity contribution < 1.29 is 4.74 Å². The van der Waals surface area contributed by atoms with Gasteiger partial charge in [-0.25, -0.2) is 9.97 Å². The van der Waals surface area contributed by atoms with Gasteiger partial charge in [0.1, 0.15) is 16.8 Å². The number of hydrogen-bond acceptors (Lipinski definition) is 6. The summed E-state index contributed by atoms with van der Waals surface area (Å²) in [6, 6.07) is 8.81. The Morgan fingerprint density at radius 3 is 2.48 bits per heavy atom. The summed E-state index contributed by atoms with van der Waals surface area (Å²) in [7, 11) is 0. The summed E-state index contributed by atoms with van der Waals surface area (Å²) in [5, 5.41) is 0.435. The number of nitrogens with two attached hydrogens (primary N) is 2. The van der Waals surface area contributed by atoms with Crippen molar-refractivity contribution in [3.63, 3.8) is 0 Å². The summed E-state index contributed by atoms with van der Waals surface area (Å²) in [6.07, 6.45) is 1.74. The van der Waals surface area contributed by atoms with Crippen LogP contribution in [-0.2, 0) is 4.74 Å². The molecule has 0 radical (unpaired) electrons. The van der Waals surface area contributed by atoms with E-state index in [-0.39, 0.29) is 0 Å². The third kappa shape index (κ3) is 5.09. The number of ether oxygens (including phenoxy) is 1. The molecule has 7 heteroatoms. The van der Waals surface area contributed by atoms with Crippen molar-refractivity contribution in [1.82, 2.24) is 9.97 Å². The molecule has 2 aromatic rings. The van der Waals surface area contributed by atoms with Gasteiger partial charge in [-0.15, -0.1) is 0 Å². The molecule has 0 aliphatic carbocycles. The fourth-order valence-electron chi connectivity index (χ4n) is 1.82. The topological polar surface area (TPSA) is 90.3 Å². The maximum absolute atomic E-state index is 5.67. The molecule has 4 N–H and O–H groups in total. The van der Waals surface area contributed by atoms with Gasteiger partial charge in [-0.1, -0.05) is 17.7 Å². The number of nitrogens with zero attached hydrogens (tertiary/aromatic N) is 3. The second-order valence-corrected chi connectivity index (χ2v) is 4.82. The Morgan fingerprint density at radius 1 is 1.14 bits per heavy atom. The van der Waals surface area contributed by atoms with Crippen molar-refractivity contribution in [2.75, 3.05) is 42.7 Å². The number of nitrogen functional groups attached to an aromatic ring is 2. The Kier molecular flexibility index (Phi) is 5.59. The van der Waals surface area contributed by atoms with Gasteiger partial charge in [0.15, 0.2) is 0 Å². The molecule has 21 heavy (non-hydrogen) atoms. The molecule has 1 fully saturated rings. The van der Waals surface area contributed by atoms with Gasteiger partial charge in [0.2, 0.25) is 0 Å². The van der Waals surface area contributed by atoms with E-state index in [9.17, 15) is 0 Å². The quantitative estimate of drug-likeness (QED) is 0.781. The first-order chi connectivity index (χ1) is 10.1. The highest BCUT2D eigenvalue weighted by molar-refractivity contribution is 6.29. The third-order valence-electron chi connectivity index (χ3n) is 2.84. The first-order valence-electron chi connectivity index (χ1n) is 6.57. The lowest BCUT2D eigenvalue weighted by molar-refractivity contribution is 0.122. The van der Waals surface area contributed by atoms with E-state index in [1.165, 1.54) is 0 Å². The highest BCUT2D eigenvalue weighted by Gasteiger charge is 2.11. The predicted octanol–water partition coefficient (Wildman–Crippen LogP) is 1.82. The minimum atomic E-state index is 0.435. The van der Waals surface area contributed by atoms with Gasteiger partial charge in [-0.3, -0.25) is 0 Å². The van der Waals surface area contributed by atoms with Crippen LogP contribution in [0.3, 0.4) is 0 Å². The van der Waals surface area contributed by atoms with Crippen molar-refractivity contribution >= 4 is 28.9 Å². The Bertz CT molecular complexity index is 558. The lowest BCUT2D eigenvalue weighted by Gasteiger charge is -2.27. The van der Waals surface area contributed by atoms with Gasteiger partial charge in [0.05, 0.1) is 13.2 Å². The van der Waals surface area contributed by atoms with E-state index < -0.39 is 0 Å². The molecule has 0 bridgehead atoms. The summed E-state index contributed by atoms with van der Waals surface area (Å²) in [5.41, 5.74) is 11.7. The molecule has 0 aromatic carbocycles. The lowest BCUT2D eigenvalue weighted by atomic mass is 10.3. The molecule has 1 saturated heterocycles. The molecule has 2 aromatic heterocycles. The number of halogens is 1. The predicted molar refractivity (Wildman–Crippen MR) is 85.3 cm³/mol. The number of rotatable bonds is 1. The molecule has 0 amide bonds. The Hall–Kier alpha value is -2.05. The second-order valence-electron chi connectivity index (χ2n) is 4.43. The van der Waals surface area contributed by atoms with Gasteiger partial charge >= 0.3 is 0 Å². The Morgan fingerprint density at radius 2 is 1.90 bits per heavy atom. The minimum Gasteiger partial charge on any atom is -0.399 e. The number of morpholine rings is 1. The van der Waals surface area contributed by atoms with Crippen molar-refractivity contribution in [2.45, 2.75) is 0 Å². The summed E-state index contributed by atoms with van der Waals surface area (Å²) in [6.45, 7) is 3.35. The fourth-order valence-corrected chi connectivity index (χ4v) is 1.99. The average Bonchev–Trinajstić information content (AvgIpc) is 2.49. The number of anilines is 3. The summed E-state index contributed by atoms with van der Waals surface area (Å²) < 4.78 is 5.25. The van der Waals surface area contributed by atoms with Gasteiger partial charge in [-0.05, 0) is 18.2 Å². The van der Waals surface area contributed by atoms with Gasteiger partial charge in [0.25, 0.3) is 0 Å². The summed E-state index contributed by atoms with van der Waals surface area (Å²) >= 11 is 5.45.